The number of hydrogen-bond acceptors (Lipinski definition) is 4. The van der Waals surface area contributed by atoms with Gasteiger partial charge in [0.05, 0.1) is 7.11 Å². The number of ether oxygens (including phenoxy) is 1. The highest BCUT2D eigenvalue weighted by atomic mass is 32.2. The Bertz CT molecular complexity index is 339. The van der Waals surface area contributed by atoms with E-state index in [4.69, 9.17) is 0 Å². The fraction of sp³-hybridized carbons (Fsp3) is 0.875. The van der Waals surface area contributed by atoms with Crippen molar-refractivity contribution in [2.45, 2.75) is 18.2 Å². The molecule has 1 atom stereocenters. The molecule has 0 radical (unpaired) electrons. The molecule has 88 valence electrons. The van der Waals surface area contributed by atoms with Gasteiger partial charge in [-0.05, 0) is 12.8 Å². The molecule has 6 nitrogen and oxygen atoms in total. The van der Waals surface area contributed by atoms with Crippen LogP contribution in [0.4, 0.5) is 4.79 Å². The Morgan fingerprint density at radius 2 is 2.07 bits per heavy atom. The van der Waals surface area contributed by atoms with Gasteiger partial charge in [0.1, 0.15) is 0 Å². The highest BCUT2D eigenvalue weighted by Gasteiger charge is 2.40. The van der Waals surface area contributed by atoms with Crippen molar-refractivity contribution in [1.29, 1.82) is 0 Å². The van der Waals surface area contributed by atoms with Gasteiger partial charge >= 0.3 is 6.09 Å². The number of carbonyl (C=O) groups excluding carboxylic acids is 1. The second-order valence-corrected chi connectivity index (χ2v) is 5.89. The first kappa shape index (κ1) is 12.3. The summed E-state index contributed by atoms with van der Waals surface area (Å²) in [5, 5.41) is -0.778. The second-order valence-electron chi connectivity index (χ2n) is 3.59. The van der Waals surface area contributed by atoms with Gasteiger partial charge in [0.25, 0.3) is 0 Å². The van der Waals surface area contributed by atoms with Gasteiger partial charge in [-0.15, -0.1) is 0 Å². The number of hydrogen-bond donors (Lipinski definition) is 0. The summed E-state index contributed by atoms with van der Waals surface area (Å²) in [5.41, 5.74) is 0. The van der Waals surface area contributed by atoms with E-state index in [-0.39, 0.29) is 0 Å². The molecule has 15 heavy (non-hydrogen) atoms. The maximum absolute atomic E-state index is 11.8. The highest BCUT2D eigenvalue weighted by Crippen LogP contribution is 2.24. The van der Waals surface area contributed by atoms with Crippen molar-refractivity contribution < 1.29 is 17.9 Å². The highest BCUT2D eigenvalue weighted by molar-refractivity contribution is 7.89. The molecule has 0 N–H and O–H groups in total. The molecule has 7 heteroatoms. The minimum absolute atomic E-state index is 0.435. The Kier molecular flexibility index (Phi) is 3.56. The minimum Gasteiger partial charge on any atom is -0.453 e. The number of methoxy groups -OCH3 is 1. The molecule has 0 aromatic rings. The van der Waals surface area contributed by atoms with Crippen molar-refractivity contribution in [3.05, 3.63) is 0 Å². The van der Waals surface area contributed by atoms with Gasteiger partial charge < -0.3 is 4.74 Å². The van der Waals surface area contributed by atoms with Crippen LogP contribution in [0.5, 0.6) is 0 Å². The molecule has 1 aliphatic rings. The topological polar surface area (TPSA) is 66.9 Å². The lowest BCUT2D eigenvalue weighted by molar-refractivity contribution is 0.128. The standard InChI is InChI=1S/C8H16N2O4S/c1-9(2)15(12,13)7-5-4-6-10(7)8(11)14-3/h7H,4-6H2,1-3H3/t7-/m1/s1. The van der Waals surface area contributed by atoms with Crippen LogP contribution in [0.1, 0.15) is 12.8 Å². The van der Waals surface area contributed by atoms with Crippen LogP contribution in [0.2, 0.25) is 0 Å². The summed E-state index contributed by atoms with van der Waals surface area (Å²) >= 11 is 0. The van der Waals surface area contributed by atoms with Crippen LogP contribution in [0.3, 0.4) is 0 Å². The van der Waals surface area contributed by atoms with Crippen LogP contribution in [0.25, 0.3) is 0 Å². The number of rotatable bonds is 2. The smallest absolute Gasteiger partial charge is 0.410 e. The third-order valence-electron chi connectivity index (χ3n) is 2.46. The van der Waals surface area contributed by atoms with Crippen LogP contribution >= 0.6 is 0 Å². The summed E-state index contributed by atoms with van der Waals surface area (Å²) < 4.78 is 29.4. The monoisotopic (exact) mass is 236 g/mol. The first-order chi connectivity index (χ1) is 6.91. The molecule has 0 bridgehead atoms. The molecule has 1 aliphatic heterocycles. The zero-order valence-corrected chi connectivity index (χ0v) is 9.95. The second kappa shape index (κ2) is 4.36. The summed E-state index contributed by atoms with van der Waals surface area (Å²) in [4.78, 5) is 12.6. The van der Waals surface area contributed by atoms with Gasteiger partial charge in [0.15, 0.2) is 5.37 Å². The lowest BCUT2D eigenvalue weighted by atomic mass is 10.4. The summed E-state index contributed by atoms with van der Waals surface area (Å²) in [6.07, 6.45) is 0.575. The van der Waals surface area contributed by atoms with E-state index in [1.54, 1.807) is 0 Å². The van der Waals surface area contributed by atoms with Crippen molar-refractivity contribution in [3.63, 3.8) is 0 Å². The van der Waals surface area contributed by atoms with Crippen LogP contribution in [0, 0.1) is 0 Å². The number of nitrogens with zero attached hydrogens (tertiary/aromatic N) is 2. The molecule has 0 aromatic carbocycles. The Morgan fingerprint density at radius 3 is 2.53 bits per heavy atom. The van der Waals surface area contributed by atoms with Crippen molar-refractivity contribution in [1.82, 2.24) is 9.21 Å². The van der Waals surface area contributed by atoms with Gasteiger partial charge in [-0.25, -0.2) is 17.5 Å². The van der Waals surface area contributed by atoms with Crippen molar-refractivity contribution >= 4 is 16.1 Å². The average Bonchev–Trinajstić information content (AvgIpc) is 2.65. The lowest BCUT2D eigenvalue weighted by Gasteiger charge is -2.25. The predicted molar refractivity (Wildman–Crippen MR) is 54.7 cm³/mol. The third kappa shape index (κ3) is 2.23. The molecule has 1 saturated heterocycles. The Labute approximate surface area is 89.8 Å². The molecule has 1 heterocycles. The van der Waals surface area contributed by atoms with Crippen molar-refractivity contribution in [3.8, 4) is 0 Å². The molecule has 0 aromatic heterocycles. The largest absolute Gasteiger partial charge is 0.453 e. The first-order valence-electron chi connectivity index (χ1n) is 4.67. The van der Waals surface area contributed by atoms with Gasteiger partial charge in [-0.2, -0.15) is 0 Å². The molecule has 1 fully saturated rings. The number of likely N-dealkylation sites (tertiary alicyclic amines) is 1. The summed E-state index contributed by atoms with van der Waals surface area (Å²) in [6, 6.07) is 0. The number of amides is 1. The maximum Gasteiger partial charge on any atom is 0.410 e. The lowest BCUT2D eigenvalue weighted by Crippen LogP contribution is -2.45. The molecular formula is C8H16N2O4S. The number of sulfonamides is 1. The van der Waals surface area contributed by atoms with Crippen molar-refractivity contribution in [2.75, 3.05) is 27.7 Å². The predicted octanol–water partition coefficient (Wildman–Crippen LogP) is 0.0661. The molecule has 1 amide bonds. The van der Waals surface area contributed by atoms with Gasteiger partial charge in [-0.1, -0.05) is 0 Å². The Morgan fingerprint density at radius 1 is 1.47 bits per heavy atom. The normalized spacial score (nSPS) is 22.1. The van der Waals surface area contributed by atoms with E-state index in [0.29, 0.717) is 19.4 Å². The van der Waals surface area contributed by atoms with E-state index >= 15 is 0 Å². The van der Waals surface area contributed by atoms with Crippen LogP contribution in [-0.4, -0.2) is 56.8 Å². The van der Waals surface area contributed by atoms with Crippen LogP contribution < -0.4 is 0 Å². The van der Waals surface area contributed by atoms with Crippen molar-refractivity contribution in [2.24, 2.45) is 0 Å². The summed E-state index contributed by atoms with van der Waals surface area (Å²) in [7, 11) is 0.750. The molecule has 0 aliphatic carbocycles. The quantitative estimate of drug-likeness (QED) is 0.680. The first-order valence-corrected chi connectivity index (χ1v) is 6.17. The van der Waals surface area contributed by atoms with Gasteiger partial charge in [0.2, 0.25) is 10.0 Å². The number of carbonyl (C=O) groups is 1. The molecule has 0 spiro atoms. The molecule has 0 saturated carbocycles. The summed E-state index contributed by atoms with van der Waals surface area (Å²) in [5.74, 6) is 0. The summed E-state index contributed by atoms with van der Waals surface area (Å²) in [6.45, 7) is 0.435. The fourth-order valence-corrected chi connectivity index (χ4v) is 3.08. The zero-order valence-electron chi connectivity index (χ0n) is 9.13. The van der Waals surface area contributed by atoms with Gasteiger partial charge in [-0.3, -0.25) is 4.90 Å². The molecule has 1 rings (SSSR count). The van der Waals surface area contributed by atoms with Crippen LogP contribution in [0.15, 0.2) is 0 Å². The van der Waals surface area contributed by atoms with Crippen LogP contribution in [-0.2, 0) is 14.8 Å². The zero-order chi connectivity index (χ0) is 11.6. The average molecular weight is 236 g/mol. The van der Waals surface area contributed by atoms with E-state index in [1.165, 1.54) is 26.1 Å². The SMILES string of the molecule is COC(=O)N1CCC[C@H]1S(=O)(=O)N(C)C. The van der Waals surface area contributed by atoms with E-state index in [0.717, 1.165) is 4.31 Å². The van der Waals surface area contributed by atoms with E-state index < -0.39 is 21.5 Å². The Hall–Kier alpha value is -0.820. The fourth-order valence-electron chi connectivity index (χ4n) is 1.62. The molecule has 0 unspecified atom stereocenters. The maximum atomic E-state index is 11.8. The van der Waals surface area contributed by atoms with E-state index in [9.17, 15) is 13.2 Å². The third-order valence-corrected chi connectivity index (χ3v) is 4.66. The Balaban J connectivity index is 2.91. The van der Waals surface area contributed by atoms with E-state index in [2.05, 4.69) is 4.74 Å². The van der Waals surface area contributed by atoms with Gasteiger partial charge in [0, 0.05) is 20.6 Å². The molecular weight excluding hydrogens is 220 g/mol. The minimum atomic E-state index is -3.42. The van der Waals surface area contributed by atoms with E-state index in [1.807, 2.05) is 0 Å².